The van der Waals surface area contributed by atoms with Crippen molar-refractivity contribution in [2.24, 2.45) is 23.2 Å². The molecule has 3 fully saturated rings. The van der Waals surface area contributed by atoms with Gasteiger partial charge in [-0.15, -0.1) is 0 Å². The highest BCUT2D eigenvalue weighted by molar-refractivity contribution is 9.09. The summed E-state index contributed by atoms with van der Waals surface area (Å²) in [5.74, 6) is -3.00. The molecule has 3 aliphatic heterocycles. The van der Waals surface area contributed by atoms with Gasteiger partial charge >= 0.3 is 7.82 Å². The molecular weight excluding hydrogens is 1010 g/mol. The summed E-state index contributed by atoms with van der Waals surface area (Å²) in [7, 11) is 1.19. The number of nitrogens with one attached hydrogen (secondary N) is 1. The molecule has 1 spiro atoms. The second-order valence-electron chi connectivity index (χ2n) is 20.6. The summed E-state index contributed by atoms with van der Waals surface area (Å²) in [5.41, 5.74) is 0.249. The fraction of sp³-hybridized carbons (Fsp3) is 0.740. The number of amides is 1. The number of likely N-dealkylation sites (N-methyl/N-ethyl adjacent to an activating group) is 1. The average molecular weight is 1090 g/mol. The SMILES string of the molecule is COC[C@@H]([C@H](O)[C@H](O)C(=O)NCC[C@H](C)c1nc(/C=C/CC2OC3(C[C@@H](O)[C@@H]2C)O[C@H]([C@H](C[C@H](O)[C@H](C)[C@@H]2OC(C)(/C(C)=C/C=C/C(C)=C\C#N)[C@H](Br)[C@H]2C)OC)[C@H](OP(=O)(O)O)C3(C)C)co1)N(C)C. The Kier molecular flexibility index (Phi) is 22.0. The van der Waals surface area contributed by atoms with Crippen molar-refractivity contribution in [1.82, 2.24) is 15.2 Å². The van der Waals surface area contributed by atoms with Gasteiger partial charge in [0.05, 0.1) is 59.7 Å². The number of carbonyl (C=O) groups excluding carboxylic acids is 1. The Morgan fingerprint density at radius 1 is 1.10 bits per heavy atom. The van der Waals surface area contributed by atoms with Gasteiger partial charge in [-0.1, -0.05) is 81.8 Å². The number of hydrogen-bond donors (Lipinski definition) is 7. The largest absolute Gasteiger partial charge is 0.469 e. The Labute approximate surface area is 428 Å². The third kappa shape index (κ3) is 14.6. The van der Waals surface area contributed by atoms with E-state index in [0.29, 0.717) is 18.0 Å². The molecule has 1 amide bonds. The normalized spacial score (nSPS) is 32.6. The van der Waals surface area contributed by atoms with Crippen LogP contribution in [0, 0.1) is 34.5 Å². The van der Waals surface area contributed by atoms with Gasteiger partial charge in [-0.05, 0) is 70.8 Å². The van der Waals surface area contributed by atoms with E-state index >= 15 is 0 Å². The minimum Gasteiger partial charge on any atom is -0.448 e. The summed E-state index contributed by atoms with van der Waals surface area (Å²) < 4.78 is 55.4. The molecule has 0 aliphatic carbocycles. The topological polar surface area (TPSA) is 276 Å². The van der Waals surface area contributed by atoms with Crippen LogP contribution in [0.4, 0.5) is 0 Å². The van der Waals surface area contributed by atoms with Crippen molar-refractivity contribution >= 4 is 35.7 Å². The van der Waals surface area contributed by atoms with Gasteiger partial charge < -0.3 is 68.5 Å². The van der Waals surface area contributed by atoms with Crippen LogP contribution in [0.1, 0.15) is 105 Å². The molecule has 3 saturated heterocycles. The van der Waals surface area contributed by atoms with Crippen LogP contribution in [0.25, 0.3) is 6.08 Å². The van der Waals surface area contributed by atoms with Crippen LogP contribution < -0.4 is 5.32 Å². The second kappa shape index (κ2) is 25.7. The highest BCUT2D eigenvalue weighted by Crippen LogP contribution is 2.59. The van der Waals surface area contributed by atoms with Crippen LogP contribution in [-0.2, 0) is 37.6 Å². The van der Waals surface area contributed by atoms with E-state index in [0.717, 1.165) is 11.1 Å². The van der Waals surface area contributed by atoms with Gasteiger partial charge in [0.1, 0.15) is 30.3 Å². The lowest BCUT2D eigenvalue weighted by molar-refractivity contribution is -0.334. The molecule has 4 rings (SSSR count). The molecule has 19 nitrogen and oxygen atoms in total. The quantitative estimate of drug-likeness (QED) is 0.0299. The van der Waals surface area contributed by atoms with Crippen LogP contribution in [0.3, 0.4) is 0 Å². The number of methoxy groups -OCH3 is 2. The first-order valence-corrected chi connectivity index (χ1v) is 26.7. The van der Waals surface area contributed by atoms with Crippen molar-refractivity contribution in [3.05, 3.63) is 59.4 Å². The van der Waals surface area contributed by atoms with Crippen LogP contribution in [0.2, 0.25) is 0 Å². The minimum absolute atomic E-state index is 0.0219. The maximum Gasteiger partial charge on any atom is 0.469 e. The number of nitrogens with zero attached hydrogens (tertiary/aromatic N) is 3. The molecular formula is C50H80BrN4O15P. The van der Waals surface area contributed by atoms with Gasteiger partial charge in [-0.2, -0.15) is 5.26 Å². The second-order valence-corrected chi connectivity index (χ2v) is 22.8. The number of phosphoric ester groups is 1. The van der Waals surface area contributed by atoms with Crippen molar-refractivity contribution in [3.63, 3.8) is 0 Å². The zero-order valence-corrected chi connectivity index (χ0v) is 45.9. The first-order chi connectivity index (χ1) is 33.1. The number of allylic oxidation sites excluding steroid dienone is 5. The van der Waals surface area contributed by atoms with Crippen LogP contribution in [0.5, 0.6) is 0 Å². The van der Waals surface area contributed by atoms with Crippen molar-refractivity contribution < 1.29 is 72.2 Å². The molecule has 21 heteroatoms. The lowest BCUT2D eigenvalue weighted by Gasteiger charge is -2.50. The van der Waals surface area contributed by atoms with Gasteiger partial charge in [-0.3, -0.25) is 9.32 Å². The molecule has 0 aromatic carbocycles. The first kappa shape index (κ1) is 60.9. The predicted molar refractivity (Wildman–Crippen MR) is 269 cm³/mol. The molecule has 71 heavy (non-hydrogen) atoms. The van der Waals surface area contributed by atoms with Gasteiger partial charge in [0, 0.05) is 62.9 Å². The molecule has 1 aromatic rings. The highest BCUT2D eigenvalue weighted by atomic mass is 79.9. The number of alkyl halides is 1. The summed E-state index contributed by atoms with van der Waals surface area (Å²) in [6.07, 6.45) is 3.33. The van der Waals surface area contributed by atoms with Crippen molar-refractivity contribution in [3.8, 4) is 6.07 Å². The number of oxazole rings is 1. The highest BCUT2D eigenvalue weighted by Gasteiger charge is 2.68. The van der Waals surface area contributed by atoms with E-state index in [-0.39, 0.29) is 49.1 Å². The van der Waals surface area contributed by atoms with Gasteiger partial charge in [0.15, 0.2) is 17.8 Å². The number of ether oxygens (including phenoxy) is 5. The predicted octanol–water partition coefficient (Wildman–Crippen LogP) is 5.30. The molecule has 402 valence electrons. The number of phosphoric acid groups is 1. The summed E-state index contributed by atoms with van der Waals surface area (Å²) >= 11 is 3.88. The van der Waals surface area contributed by atoms with Crippen LogP contribution >= 0.6 is 23.8 Å². The summed E-state index contributed by atoms with van der Waals surface area (Å²) in [4.78, 5) is 39.3. The Balaban J connectivity index is 1.46. The Morgan fingerprint density at radius 2 is 1.77 bits per heavy atom. The molecule has 3 aliphatic rings. The van der Waals surface area contributed by atoms with Crippen molar-refractivity contribution in [2.75, 3.05) is 41.5 Å². The molecule has 1 aromatic heterocycles. The minimum atomic E-state index is -5.14. The van der Waals surface area contributed by atoms with Crippen molar-refractivity contribution in [2.45, 2.75) is 171 Å². The van der Waals surface area contributed by atoms with E-state index in [9.17, 15) is 39.6 Å². The standard InChI is InChI=1S/C50H80BrN4O15P/c1-28(20-22-52)16-14-17-30(3)49(9)44(51)33(6)42(68-49)32(5)36(56)24-39(65-13)43-45(70-71(61,62)63)48(7,8)50(69-43)25-37(57)31(4)38(67-50)19-15-18-34-26-66-47(54-34)29(2)21-23-53-46(60)41(59)40(58)35(27-64-12)55(10)11/h14-18,20,26,29,31-33,35-45,56-59H,19,21,23-25,27H2,1-13H3,(H,53,60)(H2,61,62,63)/b16-14+,18-15+,28-20-,30-17+/t29-,31-,32-,33-,35-,36-,37+,38?,39-,40-,41-,42-,43+,44+,45-,49?,50?/m0/s1. The number of nitriles is 1. The lowest BCUT2D eigenvalue weighted by Crippen LogP contribution is -2.58. The number of halogens is 1. The number of aliphatic hydroxyl groups is 4. The smallest absolute Gasteiger partial charge is 0.448 e. The van der Waals surface area contributed by atoms with Crippen molar-refractivity contribution in [1.29, 1.82) is 5.26 Å². The Hall–Kier alpha value is -2.68. The fourth-order valence-corrected chi connectivity index (χ4v) is 11.4. The summed E-state index contributed by atoms with van der Waals surface area (Å²) in [6.45, 7) is 17.2. The zero-order valence-electron chi connectivity index (χ0n) is 43.5. The average Bonchev–Trinajstić information content (AvgIpc) is 3.93. The number of aliphatic hydroxyl groups excluding tert-OH is 4. The Morgan fingerprint density at radius 3 is 2.38 bits per heavy atom. The number of hydrogen-bond acceptors (Lipinski definition) is 16. The van der Waals surface area contributed by atoms with E-state index in [4.69, 9.17) is 37.9 Å². The number of carbonyl (C=O) groups is 1. The summed E-state index contributed by atoms with van der Waals surface area (Å²) in [6, 6.07) is 1.43. The van der Waals surface area contributed by atoms with E-state index in [1.54, 1.807) is 38.9 Å². The van der Waals surface area contributed by atoms with E-state index in [1.807, 2.05) is 71.9 Å². The number of aromatic nitrogens is 1. The van der Waals surface area contributed by atoms with E-state index in [1.165, 1.54) is 26.6 Å². The first-order valence-electron chi connectivity index (χ1n) is 24.2. The zero-order chi connectivity index (χ0) is 53.4. The summed E-state index contributed by atoms with van der Waals surface area (Å²) in [5, 5.41) is 56.2. The maximum absolute atomic E-state index is 12.6. The fourth-order valence-electron chi connectivity index (χ4n) is 9.91. The lowest BCUT2D eigenvalue weighted by atomic mass is 9.72. The van der Waals surface area contributed by atoms with Gasteiger partial charge in [-0.25, -0.2) is 9.55 Å². The Bertz CT molecular complexity index is 2120. The molecule has 17 atom stereocenters. The van der Waals surface area contributed by atoms with Crippen LogP contribution in [0.15, 0.2) is 52.2 Å². The third-order valence-corrected chi connectivity index (χ3v) is 17.2. The molecule has 7 N–H and O–H groups in total. The molecule has 0 radical (unpaired) electrons. The van der Waals surface area contributed by atoms with E-state index < -0.39 is 103 Å². The molecule has 3 unspecified atom stereocenters. The van der Waals surface area contributed by atoms with Crippen LogP contribution in [-0.4, -0.2) is 165 Å². The molecule has 4 heterocycles. The molecule has 0 saturated carbocycles. The number of rotatable bonds is 24. The van der Waals surface area contributed by atoms with Gasteiger partial charge in [0.25, 0.3) is 5.91 Å². The van der Waals surface area contributed by atoms with Gasteiger partial charge in [0.2, 0.25) is 0 Å². The third-order valence-electron chi connectivity index (χ3n) is 15.0. The monoisotopic (exact) mass is 1090 g/mol. The maximum atomic E-state index is 12.6. The molecule has 0 bridgehead atoms. The van der Waals surface area contributed by atoms with E-state index in [2.05, 4.69) is 33.2 Å².